The molecule has 10 aliphatic rings. The van der Waals surface area contributed by atoms with E-state index in [2.05, 4.69) is 302 Å². The molecule has 0 N–H and O–H groups in total. The maximum Gasteiger partial charge on any atom is 0.231 e. The third kappa shape index (κ3) is 17.9. The SMILES string of the molecule is CCc1cccc2c(C)cc3c(c12)[C@H](CCl)CN3P.COc1cccc2c(C)cc3c(c12)[C@H](CCl)CN3P.Cc1cc2c(c3c(C)cccc13)[C@H](CCl)CN2P.Cc1cc2c(c3c4c(ccc13)CCC4)[C@H](CCl)CN2P.Cc1cc2c(c3c4c(ccc13)CCO4)[C@H](CCl)CN2P.Cc1cc2c(c3c4c(ccc13)OCO4)[C@H](CCl)CN2P.Cc1ccc(C)c2c3c(cc(C)c12)N(P)C[C@H]3CCl. The van der Waals surface area contributed by atoms with E-state index in [4.69, 9.17) is 100 Å². The molecule has 0 saturated carbocycles. The number of halogens is 7. The average Bonchev–Trinajstić information content (AvgIpc) is 1.58. The van der Waals surface area contributed by atoms with Crippen LogP contribution >= 0.6 is 147 Å². The minimum atomic E-state index is 0.299. The van der Waals surface area contributed by atoms with Gasteiger partial charge in [0, 0.05) is 191 Å². The number of alkyl halides is 7. The quantitative estimate of drug-likeness (QED) is 0.103. The van der Waals surface area contributed by atoms with Gasteiger partial charge in [0.25, 0.3) is 0 Å². The molecule has 0 fully saturated rings. The summed E-state index contributed by atoms with van der Waals surface area (Å²) < 4.78 is 38.5. The van der Waals surface area contributed by atoms with Crippen molar-refractivity contribution in [2.75, 3.05) is 140 Å². The van der Waals surface area contributed by atoms with Crippen molar-refractivity contribution in [2.45, 2.75) is 150 Å². The molecule has 0 radical (unpaired) electrons. The second-order valence-electron chi connectivity index (χ2n) is 38.2. The van der Waals surface area contributed by atoms with Crippen LogP contribution in [0.2, 0.25) is 0 Å². The van der Waals surface area contributed by atoms with Crippen LogP contribution in [0.25, 0.3) is 75.4 Å². The third-order valence-corrected chi connectivity index (χ3v) is 35.9. The van der Waals surface area contributed by atoms with Crippen LogP contribution in [-0.2, 0) is 25.7 Å². The molecule has 0 aromatic heterocycles. The number of hydrogen-bond acceptors (Lipinski definition) is 11. The normalized spacial score (nSPS) is 19.0. The summed E-state index contributed by atoms with van der Waals surface area (Å²) in [4.78, 5) is 0. The molecule has 0 bridgehead atoms. The Kier molecular flexibility index (Phi) is 30.3. The van der Waals surface area contributed by atoms with Crippen LogP contribution in [0.3, 0.4) is 0 Å². The first-order chi connectivity index (χ1) is 65.1. The second-order valence-corrected chi connectivity index (χ2v) is 44.7. The summed E-state index contributed by atoms with van der Waals surface area (Å²) in [6, 6.07) is 53.1. The Morgan fingerprint density at radius 2 is 0.644 bits per heavy atom. The molecule has 11 nitrogen and oxygen atoms in total. The first-order valence-electron chi connectivity index (χ1n) is 47.1. The van der Waals surface area contributed by atoms with Crippen molar-refractivity contribution in [2.24, 2.45) is 0 Å². The predicted octanol–water partition coefficient (Wildman–Crippen LogP) is 30.2. The van der Waals surface area contributed by atoms with E-state index in [1.165, 1.54) is 240 Å². The number of ether oxygens (including phenoxy) is 4. The van der Waals surface area contributed by atoms with Crippen molar-refractivity contribution >= 4 is 262 Å². The first kappa shape index (κ1) is 98.9. The Balaban J connectivity index is 0.000000105. The molecule has 135 heavy (non-hydrogen) atoms. The van der Waals surface area contributed by atoms with Gasteiger partial charge in [0.1, 0.15) is 11.5 Å². The fourth-order valence-electron chi connectivity index (χ4n) is 23.4. The zero-order valence-electron chi connectivity index (χ0n) is 79.2. The van der Waals surface area contributed by atoms with E-state index in [0.717, 1.165) is 88.3 Å². The van der Waals surface area contributed by atoms with Gasteiger partial charge >= 0.3 is 0 Å². The molecule has 706 valence electrons. The summed E-state index contributed by atoms with van der Waals surface area (Å²) in [5, 5.41) is 18.9. The molecular formula is C110H123Cl7N7O4P7. The lowest BCUT2D eigenvalue weighted by Crippen LogP contribution is -2.09. The van der Waals surface area contributed by atoms with Gasteiger partial charge in [0.05, 0.1) is 13.7 Å². The monoisotopic (exact) mass is 2070 g/mol. The number of fused-ring (bicyclic) bond motifs is 27. The van der Waals surface area contributed by atoms with Gasteiger partial charge in [-0.15, -0.1) is 81.2 Å². The number of anilines is 7. The van der Waals surface area contributed by atoms with Gasteiger partial charge in [-0.05, 0) is 391 Å². The summed E-state index contributed by atoms with van der Waals surface area (Å²) in [6.07, 6.45) is 5.86. The average molecular weight is 2070 g/mol. The lowest BCUT2D eigenvalue weighted by atomic mass is 9.89. The van der Waals surface area contributed by atoms with Gasteiger partial charge < -0.3 is 51.6 Å². The highest BCUT2D eigenvalue weighted by Gasteiger charge is 2.39. The number of hydrogen-bond donors (Lipinski definition) is 0. The van der Waals surface area contributed by atoms with Crippen LogP contribution < -0.4 is 51.6 Å². The molecule has 14 aromatic rings. The van der Waals surface area contributed by atoms with Crippen molar-refractivity contribution in [1.82, 2.24) is 0 Å². The van der Waals surface area contributed by atoms with E-state index in [0.29, 0.717) is 89.4 Å². The van der Waals surface area contributed by atoms with Gasteiger partial charge in [0.2, 0.25) is 6.79 Å². The Morgan fingerprint density at radius 3 is 1.09 bits per heavy atom. The minimum absolute atomic E-state index is 0.299. The maximum absolute atomic E-state index is 6.26. The molecule has 24 rings (SSSR count). The van der Waals surface area contributed by atoms with E-state index in [1.807, 2.05) is 18.2 Å². The molecule has 9 aliphatic heterocycles. The fourth-order valence-corrected chi connectivity index (χ4v) is 28.5. The zero-order valence-corrected chi connectivity index (χ0v) is 92.6. The predicted molar refractivity (Wildman–Crippen MR) is 612 cm³/mol. The van der Waals surface area contributed by atoms with Crippen LogP contribution in [0.5, 0.6) is 23.0 Å². The molecule has 0 amide bonds. The van der Waals surface area contributed by atoms with Crippen molar-refractivity contribution in [1.29, 1.82) is 0 Å². The molecule has 9 heterocycles. The lowest BCUT2D eigenvalue weighted by molar-refractivity contribution is 0.175. The Morgan fingerprint density at radius 1 is 0.304 bits per heavy atom. The first-order valence-corrected chi connectivity index (χ1v) is 54.4. The van der Waals surface area contributed by atoms with E-state index < -0.39 is 0 Å². The standard InChI is InChI=1S/C17H19ClNP.C16H17ClNOP.2C16H19ClNP.C15H15ClNO2P.C15H17ClNOP.C15H17ClNP/c1-10-7-15-16(12(8-18)9-19(15)20)17-13(10)6-5-11-3-2-4-14(11)17;1-9-6-13-14(11(7-17)8-18(13)20)15-12(9)3-2-10-4-5-19-16(10)15;1-9-4-5-10(2)15-14(9)11(3)6-13-16(15)12(7-17)8-18(13)19;1-3-11-5-4-6-13-10(2)7-14-16(15(11)13)12(8-17)9-18(14)19;1-8-4-11-13(9(5-16)6-17(11)20)14-10(8)2-3-12-15(14)19-7-18-12;1-9-6-12-14(10(7-16)8-17(12)19)15-11(9)4-3-5-13(15)18-2;1-9-4-3-5-12-10(2)6-13-15(14(9)12)11(7-16)8-17(13)18/h5-7,12H,2-4,8-9,20H2,1H3;2-3,6,11H,4-5,7-8,20H2,1H3;4-6,12H,7-8,19H2,1-3H3;4-7,12H,3,8-9,19H2,1-2H3;2-4,9H,5-7,20H2,1H3;3-6,10H,7-8,19H2,1-2H3;3-6,11H,7-8,18H2,1-2H3/t12-;11-;2*12-;9-;10-;11-/m1111111/s1. The van der Waals surface area contributed by atoms with Gasteiger partial charge in [0.15, 0.2) is 11.5 Å². The summed E-state index contributed by atoms with van der Waals surface area (Å²) in [7, 11) is 21.5. The van der Waals surface area contributed by atoms with E-state index >= 15 is 0 Å². The molecular weight excluding hydrogens is 1950 g/mol. The largest absolute Gasteiger partial charge is 0.496 e. The summed E-state index contributed by atoms with van der Waals surface area (Å²) in [6.45, 7) is 32.1. The molecule has 25 heteroatoms. The van der Waals surface area contributed by atoms with Gasteiger partial charge in [-0.1, -0.05) is 97.9 Å². The molecule has 1 aliphatic carbocycles. The lowest BCUT2D eigenvalue weighted by Gasteiger charge is -2.17. The van der Waals surface area contributed by atoms with Gasteiger partial charge in [-0.25, -0.2) is 0 Å². The third-order valence-electron chi connectivity index (χ3n) is 29.8. The minimum Gasteiger partial charge on any atom is -0.496 e. The van der Waals surface area contributed by atoms with Crippen LogP contribution in [0.15, 0.2) is 146 Å². The molecule has 14 atom stereocenters. The summed E-state index contributed by atoms with van der Waals surface area (Å²) in [5.41, 5.74) is 38.2. The van der Waals surface area contributed by atoms with Crippen LogP contribution in [0.4, 0.5) is 39.8 Å². The van der Waals surface area contributed by atoms with Crippen molar-refractivity contribution in [3.8, 4) is 23.0 Å². The van der Waals surface area contributed by atoms with E-state index in [9.17, 15) is 0 Å². The topological polar surface area (TPSA) is 59.6 Å². The Bertz CT molecular complexity index is 6630. The van der Waals surface area contributed by atoms with Crippen LogP contribution in [0.1, 0.15) is 172 Å². The number of methoxy groups -OCH3 is 1. The van der Waals surface area contributed by atoms with Crippen LogP contribution in [0, 0.1) is 69.2 Å². The van der Waals surface area contributed by atoms with E-state index in [-0.39, 0.29) is 0 Å². The fraction of sp³-hybridized carbons (Fsp3) is 0.364. The van der Waals surface area contributed by atoms with Crippen molar-refractivity contribution in [3.05, 3.63) is 262 Å². The number of aryl methyl sites for hydroxylation is 13. The van der Waals surface area contributed by atoms with Crippen molar-refractivity contribution < 1.29 is 18.9 Å². The Hall–Kier alpha value is -6.26. The van der Waals surface area contributed by atoms with E-state index in [1.54, 1.807) is 18.2 Å². The molecule has 7 unspecified atom stereocenters. The maximum atomic E-state index is 6.26. The van der Waals surface area contributed by atoms with Gasteiger partial charge in [-0.3, -0.25) is 0 Å². The molecule has 0 saturated heterocycles. The number of rotatable bonds is 9. The highest BCUT2D eigenvalue weighted by Crippen LogP contribution is 2.57. The summed E-state index contributed by atoms with van der Waals surface area (Å²) >= 11 is 43.4. The highest BCUT2D eigenvalue weighted by molar-refractivity contribution is 7.20. The highest BCUT2D eigenvalue weighted by atomic mass is 35.5. The second kappa shape index (κ2) is 41.4. The van der Waals surface area contributed by atoms with Crippen molar-refractivity contribution in [3.63, 3.8) is 0 Å². The van der Waals surface area contributed by atoms with Gasteiger partial charge in [-0.2, -0.15) is 0 Å². The molecule has 14 aromatic carbocycles. The summed E-state index contributed by atoms with van der Waals surface area (Å²) in [5.74, 6) is 11.2. The number of nitrogens with zero attached hydrogens (tertiary/aromatic N) is 7. The zero-order chi connectivity index (χ0) is 95.3. The Labute approximate surface area is 849 Å². The van der Waals surface area contributed by atoms with Crippen LogP contribution in [-0.4, -0.2) is 107 Å². The molecule has 0 spiro atoms. The smallest absolute Gasteiger partial charge is 0.231 e. The number of benzene rings is 14.